The Morgan fingerprint density at radius 2 is 1.92 bits per heavy atom. The number of rotatable bonds is 5. The molecule has 25 heavy (non-hydrogen) atoms. The quantitative estimate of drug-likeness (QED) is 0.912. The highest BCUT2D eigenvalue weighted by Crippen LogP contribution is 2.24. The number of carbonyl (C=O) groups excluding carboxylic acids is 2. The summed E-state index contributed by atoms with van der Waals surface area (Å²) in [6.45, 7) is 4.50. The molecule has 0 aliphatic carbocycles. The van der Waals surface area contributed by atoms with Gasteiger partial charge in [0.25, 0.3) is 5.91 Å². The van der Waals surface area contributed by atoms with E-state index < -0.39 is 0 Å². The van der Waals surface area contributed by atoms with E-state index in [1.165, 1.54) is 5.56 Å². The summed E-state index contributed by atoms with van der Waals surface area (Å²) in [5.41, 5.74) is 3.22. The van der Waals surface area contributed by atoms with Crippen LogP contribution in [0.3, 0.4) is 0 Å². The average molecular weight is 338 g/mol. The molecule has 1 aliphatic heterocycles. The summed E-state index contributed by atoms with van der Waals surface area (Å²) in [5.74, 6) is 0.457. The number of benzene rings is 2. The Morgan fingerprint density at radius 1 is 1.16 bits per heavy atom. The number of ether oxygens (including phenoxy) is 1. The Hall–Kier alpha value is -2.82. The molecule has 1 saturated heterocycles. The van der Waals surface area contributed by atoms with Crippen molar-refractivity contribution in [1.29, 1.82) is 0 Å². The van der Waals surface area contributed by atoms with Crippen LogP contribution in [-0.4, -0.2) is 31.0 Å². The SMILES string of the molecule is Cc1ccc(N2C[C@H](NC(=O)COc3ccccc3)CC2=O)cc1C. The van der Waals surface area contributed by atoms with Crippen LogP contribution in [0.15, 0.2) is 48.5 Å². The fraction of sp³-hybridized carbons (Fsp3) is 0.300. The molecule has 5 nitrogen and oxygen atoms in total. The van der Waals surface area contributed by atoms with Gasteiger partial charge in [-0.3, -0.25) is 9.59 Å². The fourth-order valence-corrected chi connectivity index (χ4v) is 2.88. The van der Waals surface area contributed by atoms with Crippen molar-refractivity contribution in [3.8, 4) is 5.75 Å². The molecule has 1 N–H and O–H groups in total. The van der Waals surface area contributed by atoms with Crippen molar-refractivity contribution in [3.05, 3.63) is 59.7 Å². The zero-order chi connectivity index (χ0) is 17.8. The van der Waals surface area contributed by atoms with E-state index in [0.29, 0.717) is 18.7 Å². The summed E-state index contributed by atoms with van der Waals surface area (Å²) in [5, 5.41) is 2.88. The number of aryl methyl sites for hydroxylation is 2. The molecular formula is C20H22N2O3. The predicted octanol–water partition coefficient (Wildman–Crippen LogP) is 2.60. The maximum absolute atomic E-state index is 12.3. The Labute approximate surface area is 147 Å². The lowest BCUT2D eigenvalue weighted by atomic mass is 10.1. The van der Waals surface area contributed by atoms with Gasteiger partial charge in [0.05, 0.1) is 6.04 Å². The van der Waals surface area contributed by atoms with Gasteiger partial charge in [-0.05, 0) is 49.2 Å². The molecule has 0 saturated carbocycles. The molecule has 3 rings (SSSR count). The summed E-state index contributed by atoms with van der Waals surface area (Å²) in [4.78, 5) is 26.1. The van der Waals surface area contributed by atoms with Crippen LogP contribution in [0.2, 0.25) is 0 Å². The third-order valence-corrected chi connectivity index (χ3v) is 4.41. The van der Waals surface area contributed by atoms with Gasteiger partial charge in [0.1, 0.15) is 5.75 Å². The topological polar surface area (TPSA) is 58.6 Å². The number of anilines is 1. The van der Waals surface area contributed by atoms with Crippen LogP contribution in [0, 0.1) is 13.8 Å². The van der Waals surface area contributed by atoms with Gasteiger partial charge in [0.15, 0.2) is 6.61 Å². The van der Waals surface area contributed by atoms with Crippen LogP contribution >= 0.6 is 0 Å². The molecular weight excluding hydrogens is 316 g/mol. The summed E-state index contributed by atoms with van der Waals surface area (Å²) in [6.07, 6.45) is 0.310. The minimum atomic E-state index is -0.219. The van der Waals surface area contributed by atoms with Crippen molar-refractivity contribution in [2.75, 3.05) is 18.1 Å². The number of hydrogen-bond donors (Lipinski definition) is 1. The van der Waals surface area contributed by atoms with Gasteiger partial charge in [0, 0.05) is 18.7 Å². The number of carbonyl (C=O) groups is 2. The van der Waals surface area contributed by atoms with Crippen molar-refractivity contribution in [2.24, 2.45) is 0 Å². The minimum absolute atomic E-state index is 0.0255. The van der Waals surface area contributed by atoms with Crippen LogP contribution in [0.4, 0.5) is 5.69 Å². The lowest BCUT2D eigenvalue weighted by molar-refractivity contribution is -0.123. The second-order valence-corrected chi connectivity index (χ2v) is 6.34. The molecule has 1 atom stereocenters. The number of para-hydroxylation sites is 1. The number of nitrogens with zero attached hydrogens (tertiary/aromatic N) is 1. The molecule has 1 aliphatic rings. The van der Waals surface area contributed by atoms with Gasteiger partial charge in [0.2, 0.25) is 5.91 Å². The first-order chi connectivity index (χ1) is 12.0. The molecule has 2 aromatic rings. The van der Waals surface area contributed by atoms with E-state index in [0.717, 1.165) is 11.3 Å². The molecule has 0 unspecified atom stereocenters. The van der Waals surface area contributed by atoms with Crippen molar-refractivity contribution < 1.29 is 14.3 Å². The number of hydrogen-bond acceptors (Lipinski definition) is 3. The van der Waals surface area contributed by atoms with Crippen LogP contribution in [0.5, 0.6) is 5.75 Å². The van der Waals surface area contributed by atoms with Gasteiger partial charge in [-0.25, -0.2) is 0 Å². The van der Waals surface area contributed by atoms with Crippen LogP contribution in [-0.2, 0) is 9.59 Å². The Balaban J connectivity index is 1.55. The first-order valence-corrected chi connectivity index (χ1v) is 8.38. The second kappa shape index (κ2) is 7.38. The van der Waals surface area contributed by atoms with Crippen molar-refractivity contribution >= 4 is 17.5 Å². The van der Waals surface area contributed by atoms with Crippen molar-refractivity contribution in [3.63, 3.8) is 0 Å². The number of amides is 2. The summed E-state index contributed by atoms with van der Waals surface area (Å²) >= 11 is 0. The third kappa shape index (κ3) is 4.18. The standard InChI is InChI=1S/C20H22N2O3/c1-14-8-9-17(10-15(14)2)22-12-16(11-20(22)24)21-19(23)13-25-18-6-4-3-5-7-18/h3-10,16H,11-13H2,1-2H3,(H,21,23)/t16-/m1/s1. The molecule has 0 bridgehead atoms. The maximum atomic E-state index is 12.3. The van der Waals surface area contributed by atoms with E-state index in [-0.39, 0.29) is 24.5 Å². The highest BCUT2D eigenvalue weighted by atomic mass is 16.5. The lowest BCUT2D eigenvalue weighted by Gasteiger charge is -2.18. The zero-order valence-electron chi connectivity index (χ0n) is 14.5. The molecule has 2 amide bonds. The Kier molecular flexibility index (Phi) is 5.03. The normalized spacial score (nSPS) is 16.8. The second-order valence-electron chi connectivity index (χ2n) is 6.34. The van der Waals surface area contributed by atoms with E-state index >= 15 is 0 Å². The van der Waals surface area contributed by atoms with Crippen molar-refractivity contribution in [1.82, 2.24) is 5.32 Å². The van der Waals surface area contributed by atoms with Crippen LogP contribution in [0.25, 0.3) is 0 Å². The largest absolute Gasteiger partial charge is 0.484 e. The Morgan fingerprint density at radius 3 is 2.64 bits per heavy atom. The highest BCUT2D eigenvalue weighted by Gasteiger charge is 2.31. The van der Waals surface area contributed by atoms with E-state index in [4.69, 9.17) is 4.74 Å². The molecule has 5 heteroatoms. The average Bonchev–Trinajstić information content (AvgIpc) is 2.96. The maximum Gasteiger partial charge on any atom is 0.258 e. The molecule has 0 spiro atoms. The first kappa shape index (κ1) is 17.0. The molecule has 2 aromatic carbocycles. The van der Waals surface area contributed by atoms with Gasteiger partial charge in [-0.2, -0.15) is 0 Å². The summed E-state index contributed by atoms with van der Waals surface area (Å²) < 4.78 is 5.43. The molecule has 1 heterocycles. The fourth-order valence-electron chi connectivity index (χ4n) is 2.88. The van der Waals surface area contributed by atoms with Gasteiger partial charge in [-0.15, -0.1) is 0 Å². The van der Waals surface area contributed by atoms with E-state index in [1.807, 2.05) is 50.2 Å². The first-order valence-electron chi connectivity index (χ1n) is 8.38. The summed E-state index contributed by atoms with van der Waals surface area (Å²) in [6, 6.07) is 15.0. The molecule has 0 radical (unpaired) electrons. The van der Waals surface area contributed by atoms with E-state index in [1.54, 1.807) is 17.0 Å². The zero-order valence-corrected chi connectivity index (χ0v) is 14.5. The molecule has 130 valence electrons. The van der Waals surface area contributed by atoms with Crippen molar-refractivity contribution in [2.45, 2.75) is 26.3 Å². The van der Waals surface area contributed by atoms with E-state index in [9.17, 15) is 9.59 Å². The predicted molar refractivity (Wildman–Crippen MR) is 96.8 cm³/mol. The van der Waals surface area contributed by atoms with Crippen LogP contribution in [0.1, 0.15) is 17.5 Å². The summed E-state index contributed by atoms with van der Waals surface area (Å²) in [7, 11) is 0. The molecule has 0 aromatic heterocycles. The highest BCUT2D eigenvalue weighted by molar-refractivity contribution is 5.97. The monoisotopic (exact) mass is 338 g/mol. The lowest BCUT2D eigenvalue weighted by Crippen LogP contribution is -2.39. The van der Waals surface area contributed by atoms with Gasteiger partial charge < -0.3 is 15.0 Å². The van der Waals surface area contributed by atoms with E-state index in [2.05, 4.69) is 5.32 Å². The van der Waals surface area contributed by atoms with Gasteiger partial charge >= 0.3 is 0 Å². The minimum Gasteiger partial charge on any atom is -0.484 e. The van der Waals surface area contributed by atoms with Crippen LogP contribution < -0.4 is 15.0 Å². The number of nitrogens with one attached hydrogen (secondary N) is 1. The molecule has 1 fully saturated rings. The Bertz CT molecular complexity index is 774. The smallest absolute Gasteiger partial charge is 0.258 e. The van der Waals surface area contributed by atoms with Gasteiger partial charge in [-0.1, -0.05) is 24.3 Å². The third-order valence-electron chi connectivity index (χ3n) is 4.41.